The summed E-state index contributed by atoms with van der Waals surface area (Å²) in [6, 6.07) is 16.0. The SMILES string of the molecule is CCN(CC)c1ccc(-n2nc3cc(C)c(NC(=O)c4ccc(C)c(C)c4)cc3n2)c(C)c1. The van der Waals surface area contributed by atoms with Gasteiger partial charge in [-0.1, -0.05) is 6.07 Å². The number of benzene rings is 3. The molecule has 0 saturated heterocycles. The van der Waals surface area contributed by atoms with Crippen molar-refractivity contribution in [1.29, 1.82) is 0 Å². The molecule has 4 rings (SSSR count). The van der Waals surface area contributed by atoms with Crippen molar-refractivity contribution in [3.05, 3.63) is 76.3 Å². The minimum absolute atomic E-state index is 0.129. The number of nitrogens with zero attached hydrogens (tertiary/aromatic N) is 4. The van der Waals surface area contributed by atoms with Crippen LogP contribution in [0.1, 0.15) is 46.5 Å². The summed E-state index contributed by atoms with van der Waals surface area (Å²) in [4.78, 5) is 16.8. The Balaban J connectivity index is 1.64. The zero-order chi connectivity index (χ0) is 23.7. The summed E-state index contributed by atoms with van der Waals surface area (Å²) in [7, 11) is 0. The number of aryl methyl sites for hydroxylation is 4. The minimum Gasteiger partial charge on any atom is -0.372 e. The molecule has 0 spiro atoms. The quantitative estimate of drug-likeness (QED) is 0.414. The highest BCUT2D eigenvalue weighted by Gasteiger charge is 2.14. The number of hydrogen-bond acceptors (Lipinski definition) is 4. The number of amides is 1. The number of aromatic nitrogens is 3. The van der Waals surface area contributed by atoms with Crippen LogP contribution in [0.5, 0.6) is 0 Å². The smallest absolute Gasteiger partial charge is 0.255 e. The van der Waals surface area contributed by atoms with E-state index in [0.29, 0.717) is 5.56 Å². The molecule has 4 aromatic rings. The third kappa shape index (κ3) is 4.46. The summed E-state index contributed by atoms with van der Waals surface area (Å²) in [5, 5.41) is 12.4. The van der Waals surface area contributed by atoms with Crippen molar-refractivity contribution in [3.8, 4) is 5.69 Å². The number of nitrogens with one attached hydrogen (secondary N) is 1. The zero-order valence-electron chi connectivity index (χ0n) is 20.2. The summed E-state index contributed by atoms with van der Waals surface area (Å²) in [5.41, 5.74) is 9.38. The van der Waals surface area contributed by atoms with Crippen LogP contribution in [0.3, 0.4) is 0 Å². The van der Waals surface area contributed by atoms with Crippen LogP contribution >= 0.6 is 0 Å². The number of rotatable bonds is 6. The van der Waals surface area contributed by atoms with Crippen LogP contribution in [-0.4, -0.2) is 34.0 Å². The minimum atomic E-state index is -0.129. The molecule has 1 heterocycles. The van der Waals surface area contributed by atoms with Crippen LogP contribution in [0.15, 0.2) is 48.5 Å². The van der Waals surface area contributed by atoms with Crippen molar-refractivity contribution >= 4 is 28.3 Å². The number of carbonyl (C=O) groups excluding carboxylic acids is 1. The third-order valence-electron chi connectivity index (χ3n) is 6.27. The maximum atomic E-state index is 12.8. The first-order valence-electron chi connectivity index (χ1n) is 11.4. The van der Waals surface area contributed by atoms with Gasteiger partial charge in [0.15, 0.2) is 0 Å². The van der Waals surface area contributed by atoms with E-state index in [1.54, 1.807) is 4.80 Å². The first-order valence-corrected chi connectivity index (χ1v) is 11.4. The molecule has 0 saturated carbocycles. The van der Waals surface area contributed by atoms with Gasteiger partial charge in [-0.05, 0) is 106 Å². The molecule has 0 aliphatic rings. The van der Waals surface area contributed by atoms with Crippen molar-refractivity contribution in [3.63, 3.8) is 0 Å². The Bertz CT molecular complexity index is 1330. The molecule has 0 aliphatic heterocycles. The molecule has 0 atom stereocenters. The average Bonchev–Trinajstić information content (AvgIpc) is 3.19. The van der Waals surface area contributed by atoms with Crippen molar-refractivity contribution in [2.45, 2.75) is 41.5 Å². The second kappa shape index (κ2) is 9.06. The molecule has 3 aromatic carbocycles. The van der Waals surface area contributed by atoms with E-state index >= 15 is 0 Å². The maximum Gasteiger partial charge on any atom is 0.255 e. The third-order valence-corrected chi connectivity index (χ3v) is 6.27. The fourth-order valence-electron chi connectivity index (χ4n) is 4.04. The highest BCUT2D eigenvalue weighted by atomic mass is 16.1. The summed E-state index contributed by atoms with van der Waals surface area (Å²) in [5.74, 6) is -0.129. The molecule has 6 heteroatoms. The van der Waals surface area contributed by atoms with Gasteiger partial charge >= 0.3 is 0 Å². The van der Waals surface area contributed by atoms with Crippen LogP contribution in [0.25, 0.3) is 16.7 Å². The molecule has 0 radical (unpaired) electrons. The van der Waals surface area contributed by atoms with Crippen LogP contribution in [0.4, 0.5) is 11.4 Å². The molecule has 0 unspecified atom stereocenters. The van der Waals surface area contributed by atoms with Gasteiger partial charge in [-0.2, -0.15) is 4.80 Å². The van der Waals surface area contributed by atoms with Gasteiger partial charge in [0.05, 0.1) is 5.69 Å². The summed E-state index contributed by atoms with van der Waals surface area (Å²) in [6.45, 7) is 14.4. The van der Waals surface area contributed by atoms with Crippen molar-refractivity contribution < 1.29 is 4.79 Å². The van der Waals surface area contributed by atoms with Crippen LogP contribution in [0, 0.1) is 27.7 Å². The van der Waals surface area contributed by atoms with Crippen LogP contribution in [0.2, 0.25) is 0 Å². The van der Waals surface area contributed by atoms with Crippen LogP contribution < -0.4 is 10.2 Å². The van der Waals surface area contributed by atoms with Gasteiger partial charge in [0, 0.05) is 30.0 Å². The molecule has 1 aromatic heterocycles. The van der Waals surface area contributed by atoms with Gasteiger partial charge in [-0.15, -0.1) is 10.2 Å². The molecule has 1 amide bonds. The van der Waals surface area contributed by atoms with E-state index in [-0.39, 0.29) is 5.91 Å². The van der Waals surface area contributed by atoms with Gasteiger partial charge in [0.2, 0.25) is 0 Å². The fraction of sp³-hybridized carbons (Fsp3) is 0.296. The van der Waals surface area contributed by atoms with E-state index < -0.39 is 0 Å². The van der Waals surface area contributed by atoms with E-state index in [0.717, 1.165) is 52.2 Å². The number of hydrogen-bond donors (Lipinski definition) is 1. The molecule has 33 heavy (non-hydrogen) atoms. The Morgan fingerprint density at radius 3 is 2.15 bits per heavy atom. The molecule has 0 aliphatic carbocycles. The van der Waals surface area contributed by atoms with Crippen molar-refractivity contribution in [2.24, 2.45) is 0 Å². The Kier molecular flexibility index (Phi) is 6.18. The predicted molar refractivity (Wildman–Crippen MR) is 136 cm³/mol. The Morgan fingerprint density at radius 2 is 1.52 bits per heavy atom. The van der Waals surface area contributed by atoms with Gasteiger partial charge in [-0.3, -0.25) is 4.79 Å². The Labute approximate surface area is 195 Å². The first kappa shape index (κ1) is 22.5. The van der Waals surface area contributed by atoms with E-state index in [1.807, 2.05) is 51.1 Å². The van der Waals surface area contributed by atoms with Gasteiger partial charge < -0.3 is 10.2 Å². The summed E-state index contributed by atoms with van der Waals surface area (Å²) >= 11 is 0. The molecular formula is C27H31N5O. The zero-order valence-corrected chi connectivity index (χ0v) is 20.2. The largest absolute Gasteiger partial charge is 0.372 e. The van der Waals surface area contributed by atoms with Gasteiger partial charge in [0.1, 0.15) is 11.0 Å². The average molecular weight is 442 g/mol. The lowest BCUT2D eigenvalue weighted by Crippen LogP contribution is -2.21. The summed E-state index contributed by atoms with van der Waals surface area (Å²) in [6.07, 6.45) is 0. The second-order valence-electron chi connectivity index (χ2n) is 8.54. The highest BCUT2D eigenvalue weighted by molar-refractivity contribution is 6.05. The molecule has 170 valence electrons. The first-order chi connectivity index (χ1) is 15.8. The maximum absolute atomic E-state index is 12.8. The lowest BCUT2D eigenvalue weighted by atomic mass is 10.1. The molecule has 1 N–H and O–H groups in total. The van der Waals surface area contributed by atoms with E-state index in [2.05, 4.69) is 49.2 Å². The number of carbonyl (C=O) groups is 1. The van der Waals surface area contributed by atoms with Crippen LogP contribution in [-0.2, 0) is 0 Å². The molecule has 0 bridgehead atoms. The number of anilines is 2. The van der Waals surface area contributed by atoms with E-state index in [1.165, 1.54) is 11.3 Å². The second-order valence-corrected chi connectivity index (χ2v) is 8.54. The van der Waals surface area contributed by atoms with Gasteiger partial charge in [-0.25, -0.2) is 0 Å². The lowest BCUT2D eigenvalue weighted by Gasteiger charge is -2.22. The molecule has 0 fully saturated rings. The Morgan fingerprint density at radius 1 is 0.818 bits per heavy atom. The predicted octanol–water partition coefficient (Wildman–Crippen LogP) is 5.75. The monoisotopic (exact) mass is 441 g/mol. The fourth-order valence-corrected chi connectivity index (χ4v) is 4.04. The summed E-state index contributed by atoms with van der Waals surface area (Å²) < 4.78 is 0. The van der Waals surface area contributed by atoms with E-state index in [4.69, 9.17) is 10.2 Å². The standard InChI is InChI=1S/C27H31N5O/c1-7-31(8-2)22-11-12-26(20(6)14-22)32-29-24-15-19(5)23(16-25(24)30-32)28-27(33)21-10-9-17(3)18(4)13-21/h9-16H,7-8H2,1-6H3,(H,28,33). The van der Waals surface area contributed by atoms with Gasteiger partial charge in [0.25, 0.3) is 5.91 Å². The molecule has 6 nitrogen and oxygen atoms in total. The molecular weight excluding hydrogens is 410 g/mol. The van der Waals surface area contributed by atoms with Crippen molar-refractivity contribution in [2.75, 3.05) is 23.3 Å². The lowest BCUT2D eigenvalue weighted by molar-refractivity contribution is 0.102. The van der Waals surface area contributed by atoms with E-state index in [9.17, 15) is 4.79 Å². The normalized spacial score (nSPS) is 11.1. The highest BCUT2D eigenvalue weighted by Crippen LogP contribution is 2.25. The topological polar surface area (TPSA) is 63.1 Å². The number of fused-ring (bicyclic) bond motifs is 1. The Hall–Kier alpha value is -3.67. The van der Waals surface area contributed by atoms with Crippen molar-refractivity contribution in [1.82, 2.24) is 15.0 Å².